The van der Waals surface area contributed by atoms with Crippen molar-refractivity contribution in [2.75, 3.05) is 6.61 Å². The molecule has 0 aliphatic heterocycles. The van der Waals surface area contributed by atoms with Gasteiger partial charge in [-0.05, 0) is 37.1 Å². The van der Waals surface area contributed by atoms with E-state index >= 15 is 0 Å². The van der Waals surface area contributed by atoms with Crippen molar-refractivity contribution in [1.82, 2.24) is 5.09 Å². The highest BCUT2D eigenvalue weighted by atomic mass is 31.2. The fourth-order valence-corrected chi connectivity index (χ4v) is 4.17. The molecule has 0 saturated carbocycles. The maximum Gasteiger partial charge on any atom is 0.513 e. The van der Waals surface area contributed by atoms with Crippen LogP contribution in [0.15, 0.2) is 54.6 Å². The van der Waals surface area contributed by atoms with Crippen LogP contribution >= 0.6 is 7.75 Å². The molecule has 0 unspecified atom stereocenters. The smallest absolute Gasteiger partial charge is 0.464 e. The van der Waals surface area contributed by atoms with Crippen molar-refractivity contribution in [3.05, 3.63) is 54.6 Å². The van der Waals surface area contributed by atoms with Crippen LogP contribution in [0.25, 0.3) is 0 Å². The van der Waals surface area contributed by atoms with Crippen LogP contribution in [0, 0.1) is 5.92 Å². The predicted molar refractivity (Wildman–Crippen MR) is 118 cm³/mol. The highest BCUT2D eigenvalue weighted by molar-refractivity contribution is 7.52. The number of carbonyl (C=O) groups excluding carboxylic acids is 1. The van der Waals surface area contributed by atoms with Gasteiger partial charge in [-0.15, -0.1) is 0 Å². The summed E-state index contributed by atoms with van der Waals surface area (Å²) in [7, 11) is -4.02. The Morgan fingerprint density at radius 3 is 2.13 bits per heavy atom. The molecule has 0 bridgehead atoms. The standard InChI is InChI=1S/C22H30N2O6P/c1-5-18(6-2)16-28-22(25)17(3)23-31(27,29-20-10-8-7-9-11-20)30-21-14-12-19(13-15-21)24(4)26/h7-15,17-18,26H,4-6,16H2,1-3H3,(H,23,27)/q+1/t17-,31-/m0/s1. The average Bonchev–Trinajstić information content (AvgIpc) is 2.75. The molecule has 0 radical (unpaired) electrons. The molecule has 8 nitrogen and oxygen atoms in total. The summed E-state index contributed by atoms with van der Waals surface area (Å²) in [6, 6.07) is 13.6. The van der Waals surface area contributed by atoms with E-state index in [2.05, 4.69) is 11.8 Å². The molecule has 2 rings (SSSR count). The lowest BCUT2D eigenvalue weighted by atomic mass is 10.1. The van der Waals surface area contributed by atoms with Gasteiger partial charge in [0.2, 0.25) is 0 Å². The molecular formula is C22H30N2O6P+. The van der Waals surface area contributed by atoms with E-state index < -0.39 is 19.8 Å². The molecule has 31 heavy (non-hydrogen) atoms. The number of ether oxygens (including phenoxy) is 1. The summed E-state index contributed by atoms with van der Waals surface area (Å²) in [5, 5.41) is 12.0. The molecule has 0 aliphatic carbocycles. The quantitative estimate of drug-likeness (QED) is 0.118. The Labute approximate surface area is 183 Å². The van der Waals surface area contributed by atoms with Crippen molar-refractivity contribution in [3.8, 4) is 11.5 Å². The van der Waals surface area contributed by atoms with E-state index in [0.29, 0.717) is 22.8 Å². The SMILES string of the molecule is C=[N+](O)c1ccc(O[P@](=O)(N[C@@H](C)C(=O)OCC(CC)CC)Oc2ccccc2)cc1. The summed E-state index contributed by atoms with van der Waals surface area (Å²) < 4.78 is 30.8. The fraction of sp³-hybridized carbons (Fsp3) is 0.364. The number of hydrogen-bond acceptors (Lipinski definition) is 6. The molecule has 0 heterocycles. The lowest BCUT2D eigenvalue weighted by Crippen LogP contribution is -2.36. The maximum atomic E-state index is 13.5. The second kappa shape index (κ2) is 11.5. The molecule has 168 valence electrons. The summed E-state index contributed by atoms with van der Waals surface area (Å²) in [6.45, 7) is 9.28. The summed E-state index contributed by atoms with van der Waals surface area (Å²) in [6.07, 6.45) is 1.80. The topological polar surface area (TPSA) is 97.1 Å². The number of esters is 1. The summed E-state index contributed by atoms with van der Waals surface area (Å²) in [5.41, 5.74) is 0.414. The van der Waals surface area contributed by atoms with Gasteiger partial charge in [0.25, 0.3) is 5.69 Å². The number of nitrogens with one attached hydrogen (secondary N) is 1. The first-order chi connectivity index (χ1) is 14.8. The zero-order chi connectivity index (χ0) is 22.9. The van der Waals surface area contributed by atoms with Gasteiger partial charge in [-0.2, -0.15) is 5.09 Å². The van der Waals surface area contributed by atoms with E-state index in [9.17, 15) is 14.6 Å². The number of hydrogen-bond donors (Lipinski definition) is 2. The maximum absolute atomic E-state index is 13.5. The van der Waals surface area contributed by atoms with Gasteiger partial charge in [0.15, 0.2) is 6.72 Å². The van der Waals surface area contributed by atoms with E-state index in [4.69, 9.17) is 13.8 Å². The van der Waals surface area contributed by atoms with Crippen LogP contribution in [0.5, 0.6) is 11.5 Å². The van der Waals surface area contributed by atoms with Crippen molar-refractivity contribution in [1.29, 1.82) is 0 Å². The monoisotopic (exact) mass is 449 g/mol. The summed E-state index contributed by atoms with van der Waals surface area (Å²) in [4.78, 5) is 12.4. The first-order valence-electron chi connectivity index (χ1n) is 10.1. The minimum absolute atomic E-state index is 0.218. The normalized spacial score (nSPS) is 13.8. The molecule has 0 aliphatic rings. The zero-order valence-electron chi connectivity index (χ0n) is 18.1. The molecular weight excluding hydrogens is 419 g/mol. The molecule has 2 aromatic carbocycles. The largest absolute Gasteiger partial charge is 0.513 e. The van der Waals surface area contributed by atoms with Crippen LogP contribution in [0.1, 0.15) is 33.6 Å². The Bertz CT molecular complexity index is 900. The zero-order valence-corrected chi connectivity index (χ0v) is 19.0. The molecule has 2 N–H and O–H groups in total. The Balaban J connectivity index is 2.16. The first-order valence-corrected chi connectivity index (χ1v) is 11.7. The van der Waals surface area contributed by atoms with Crippen molar-refractivity contribution in [2.24, 2.45) is 5.92 Å². The van der Waals surface area contributed by atoms with Crippen LogP contribution < -0.4 is 14.1 Å². The van der Waals surface area contributed by atoms with Gasteiger partial charge in [-0.25, -0.2) is 4.57 Å². The van der Waals surface area contributed by atoms with E-state index in [1.54, 1.807) is 30.3 Å². The molecule has 2 aromatic rings. The number of para-hydroxylation sites is 1. The van der Waals surface area contributed by atoms with Crippen molar-refractivity contribution < 1.29 is 33.1 Å². The van der Waals surface area contributed by atoms with Crippen LogP contribution in [-0.2, 0) is 14.1 Å². The van der Waals surface area contributed by atoms with Gasteiger partial charge in [-0.1, -0.05) is 44.9 Å². The van der Waals surface area contributed by atoms with Gasteiger partial charge in [-0.3, -0.25) is 10.0 Å². The number of nitrogens with zero attached hydrogens (tertiary/aromatic N) is 1. The van der Waals surface area contributed by atoms with Gasteiger partial charge >= 0.3 is 13.7 Å². The highest BCUT2D eigenvalue weighted by Gasteiger charge is 2.34. The Kier molecular flexibility index (Phi) is 9.09. The third-order valence-corrected chi connectivity index (χ3v) is 6.26. The molecule has 0 spiro atoms. The lowest BCUT2D eigenvalue weighted by molar-refractivity contribution is -0.706. The van der Waals surface area contributed by atoms with E-state index in [1.807, 2.05) is 13.8 Å². The minimum Gasteiger partial charge on any atom is -0.464 e. The minimum atomic E-state index is -4.02. The molecule has 0 fully saturated rings. The van der Waals surface area contributed by atoms with Gasteiger partial charge in [0, 0.05) is 16.9 Å². The summed E-state index contributed by atoms with van der Waals surface area (Å²) >= 11 is 0. The van der Waals surface area contributed by atoms with Crippen molar-refractivity contribution >= 4 is 26.1 Å². The second-order valence-corrected chi connectivity index (χ2v) is 8.67. The van der Waals surface area contributed by atoms with Gasteiger partial charge < -0.3 is 13.8 Å². The third-order valence-electron chi connectivity index (χ3n) is 4.65. The number of rotatable bonds is 12. The highest BCUT2D eigenvalue weighted by Crippen LogP contribution is 2.45. The Morgan fingerprint density at radius 1 is 1.06 bits per heavy atom. The Morgan fingerprint density at radius 2 is 1.61 bits per heavy atom. The number of benzene rings is 2. The van der Waals surface area contributed by atoms with Crippen LogP contribution in [0.3, 0.4) is 0 Å². The van der Waals surface area contributed by atoms with Crippen LogP contribution in [-0.4, -0.2) is 35.3 Å². The van der Waals surface area contributed by atoms with E-state index in [1.165, 1.54) is 31.2 Å². The Hall–Kier alpha value is -2.83. The van der Waals surface area contributed by atoms with Crippen LogP contribution in [0.4, 0.5) is 5.69 Å². The summed E-state index contributed by atoms with van der Waals surface area (Å²) in [5.74, 6) is 0.259. The first kappa shape index (κ1) is 24.4. The third kappa shape index (κ3) is 7.74. The lowest BCUT2D eigenvalue weighted by Gasteiger charge is -2.23. The van der Waals surface area contributed by atoms with Crippen molar-refractivity contribution in [3.63, 3.8) is 0 Å². The molecule has 0 amide bonds. The van der Waals surface area contributed by atoms with Gasteiger partial charge in [0.1, 0.15) is 17.5 Å². The predicted octanol–water partition coefficient (Wildman–Crippen LogP) is 4.94. The van der Waals surface area contributed by atoms with E-state index in [0.717, 1.165) is 12.8 Å². The molecule has 9 heteroatoms. The van der Waals surface area contributed by atoms with Crippen LogP contribution in [0.2, 0.25) is 0 Å². The average molecular weight is 449 g/mol. The molecule has 2 atom stereocenters. The number of carbonyl (C=O) groups is 1. The molecule has 0 aromatic heterocycles. The fourth-order valence-electron chi connectivity index (χ4n) is 2.65. The van der Waals surface area contributed by atoms with Crippen molar-refractivity contribution in [2.45, 2.75) is 39.7 Å². The van der Waals surface area contributed by atoms with E-state index in [-0.39, 0.29) is 11.7 Å². The van der Waals surface area contributed by atoms with Gasteiger partial charge in [0.05, 0.1) is 6.61 Å². The molecule has 0 saturated heterocycles. The second-order valence-electron chi connectivity index (χ2n) is 7.05.